The Morgan fingerprint density at radius 2 is 1.79 bits per heavy atom. The first-order chi connectivity index (χ1) is 16.4. The lowest BCUT2D eigenvalue weighted by Crippen LogP contribution is -2.56. The molecule has 0 bridgehead atoms. The largest absolute Gasteiger partial charge is 0.365 e. The summed E-state index contributed by atoms with van der Waals surface area (Å²) in [5.41, 5.74) is 5.44. The number of carbonyl (C=O) groups excluding carboxylic acids is 2. The zero-order valence-electron chi connectivity index (χ0n) is 20.1. The molecule has 5 rings (SSSR count). The zero-order chi connectivity index (χ0) is 23.8. The second kappa shape index (κ2) is 8.97. The third-order valence-corrected chi connectivity index (χ3v) is 6.83. The summed E-state index contributed by atoms with van der Waals surface area (Å²) in [6.07, 6.45) is 0.354. The number of fused-ring (bicyclic) bond motifs is 1. The van der Waals surface area contributed by atoms with Crippen molar-refractivity contribution in [2.24, 2.45) is 0 Å². The Balaban J connectivity index is 1.30. The van der Waals surface area contributed by atoms with Gasteiger partial charge >= 0.3 is 0 Å². The van der Waals surface area contributed by atoms with Gasteiger partial charge in [0.2, 0.25) is 11.8 Å². The second-order valence-electron chi connectivity index (χ2n) is 9.43. The standard InChI is InChI=1S/C27H31N5O2/c1-19-7-9-22(10-8-19)24-16-25-31(26(33)11-12-32(25)28-24)18-27(34)29-13-14-30(21(3)17-29)23-6-4-5-20(2)15-23/h4-10,15-16,21H,11-14,17-18H2,1-3H3/t21-/m0/s1. The highest BCUT2D eigenvalue weighted by molar-refractivity contribution is 5.99. The Hall–Kier alpha value is -3.61. The Labute approximate surface area is 200 Å². The average Bonchev–Trinajstić information content (AvgIpc) is 3.26. The molecule has 0 aliphatic carbocycles. The van der Waals surface area contributed by atoms with Crippen LogP contribution >= 0.6 is 0 Å². The van der Waals surface area contributed by atoms with E-state index in [2.05, 4.69) is 62.1 Å². The van der Waals surface area contributed by atoms with Gasteiger partial charge in [-0.2, -0.15) is 5.10 Å². The molecule has 1 saturated heterocycles. The summed E-state index contributed by atoms with van der Waals surface area (Å²) < 4.78 is 1.85. The lowest BCUT2D eigenvalue weighted by molar-refractivity contribution is -0.132. The van der Waals surface area contributed by atoms with E-state index in [0.717, 1.165) is 17.8 Å². The van der Waals surface area contributed by atoms with Crippen LogP contribution in [0.1, 0.15) is 24.5 Å². The van der Waals surface area contributed by atoms with E-state index in [1.807, 2.05) is 27.8 Å². The van der Waals surface area contributed by atoms with Gasteiger partial charge in [-0.3, -0.25) is 14.5 Å². The van der Waals surface area contributed by atoms with Gasteiger partial charge in [0.25, 0.3) is 0 Å². The normalized spacial score (nSPS) is 18.3. The molecule has 2 amide bonds. The Bertz CT molecular complexity index is 1220. The maximum atomic E-state index is 13.3. The van der Waals surface area contributed by atoms with E-state index in [-0.39, 0.29) is 24.4 Å². The predicted octanol–water partition coefficient (Wildman–Crippen LogP) is 3.64. The first-order valence-corrected chi connectivity index (χ1v) is 12.0. The van der Waals surface area contributed by atoms with Gasteiger partial charge in [0.05, 0.1) is 12.2 Å². The summed E-state index contributed by atoms with van der Waals surface area (Å²) in [6.45, 7) is 8.95. The minimum atomic E-state index is -0.0253. The molecule has 176 valence electrons. The van der Waals surface area contributed by atoms with Crippen LogP contribution in [0.4, 0.5) is 11.5 Å². The first kappa shape index (κ1) is 22.2. The quantitative estimate of drug-likeness (QED) is 0.600. The lowest BCUT2D eigenvalue weighted by Gasteiger charge is -2.42. The third-order valence-electron chi connectivity index (χ3n) is 6.83. The maximum absolute atomic E-state index is 13.3. The van der Waals surface area contributed by atoms with Crippen LogP contribution in [-0.4, -0.2) is 58.7 Å². The summed E-state index contributed by atoms with van der Waals surface area (Å²) in [6, 6.07) is 18.8. The van der Waals surface area contributed by atoms with Crippen molar-refractivity contribution in [1.82, 2.24) is 14.7 Å². The van der Waals surface area contributed by atoms with Crippen LogP contribution < -0.4 is 9.80 Å². The molecular weight excluding hydrogens is 426 g/mol. The molecule has 7 nitrogen and oxygen atoms in total. The first-order valence-electron chi connectivity index (χ1n) is 12.0. The molecule has 1 atom stereocenters. The van der Waals surface area contributed by atoms with Crippen molar-refractivity contribution in [3.05, 3.63) is 65.7 Å². The van der Waals surface area contributed by atoms with Gasteiger partial charge in [0, 0.05) is 49.4 Å². The van der Waals surface area contributed by atoms with Crippen molar-refractivity contribution in [2.45, 2.75) is 39.8 Å². The molecule has 0 saturated carbocycles. The van der Waals surface area contributed by atoms with Gasteiger partial charge in [-0.1, -0.05) is 42.0 Å². The van der Waals surface area contributed by atoms with Crippen LogP contribution in [0.5, 0.6) is 0 Å². The van der Waals surface area contributed by atoms with Crippen molar-refractivity contribution in [2.75, 3.05) is 36.0 Å². The fourth-order valence-corrected chi connectivity index (χ4v) is 4.90. The fraction of sp³-hybridized carbons (Fsp3) is 0.370. The summed E-state index contributed by atoms with van der Waals surface area (Å²) in [7, 11) is 0. The van der Waals surface area contributed by atoms with E-state index < -0.39 is 0 Å². The number of rotatable bonds is 4. The van der Waals surface area contributed by atoms with E-state index in [1.165, 1.54) is 16.8 Å². The van der Waals surface area contributed by atoms with E-state index in [0.29, 0.717) is 31.9 Å². The second-order valence-corrected chi connectivity index (χ2v) is 9.43. The van der Waals surface area contributed by atoms with Gasteiger partial charge in [0.1, 0.15) is 12.4 Å². The molecule has 1 aromatic heterocycles. The smallest absolute Gasteiger partial charge is 0.242 e. The lowest BCUT2D eigenvalue weighted by atomic mass is 10.1. The summed E-state index contributed by atoms with van der Waals surface area (Å²) >= 11 is 0. The van der Waals surface area contributed by atoms with Crippen LogP contribution in [0.15, 0.2) is 54.6 Å². The number of anilines is 2. The maximum Gasteiger partial charge on any atom is 0.242 e. The molecule has 0 unspecified atom stereocenters. The van der Waals surface area contributed by atoms with Crippen LogP contribution in [0.3, 0.4) is 0 Å². The Morgan fingerprint density at radius 1 is 1.00 bits per heavy atom. The van der Waals surface area contributed by atoms with Crippen LogP contribution in [0.2, 0.25) is 0 Å². The number of hydrogen-bond donors (Lipinski definition) is 0. The van der Waals surface area contributed by atoms with Gasteiger partial charge in [-0.05, 0) is 38.5 Å². The van der Waals surface area contributed by atoms with Crippen LogP contribution in [-0.2, 0) is 16.1 Å². The molecule has 0 N–H and O–H groups in total. The van der Waals surface area contributed by atoms with E-state index in [4.69, 9.17) is 5.10 Å². The third kappa shape index (κ3) is 4.30. The summed E-state index contributed by atoms with van der Waals surface area (Å²) in [5.74, 6) is 0.657. The Morgan fingerprint density at radius 3 is 2.53 bits per heavy atom. The van der Waals surface area contributed by atoms with E-state index >= 15 is 0 Å². The minimum absolute atomic E-state index is 0.0179. The van der Waals surface area contributed by atoms with E-state index in [1.54, 1.807) is 4.90 Å². The summed E-state index contributed by atoms with van der Waals surface area (Å²) in [4.78, 5) is 31.9. The predicted molar refractivity (Wildman–Crippen MR) is 134 cm³/mol. The highest BCUT2D eigenvalue weighted by atomic mass is 16.2. The molecule has 7 heteroatoms. The molecule has 2 aromatic carbocycles. The zero-order valence-corrected chi connectivity index (χ0v) is 20.1. The topological polar surface area (TPSA) is 61.7 Å². The van der Waals surface area contributed by atoms with Crippen molar-refractivity contribution >= 4 is 23.3 Å². The SMILES string of the molecule is Cc1ccc(-c2cc3n(n2)CCC(=O)N3CC(=O)N2CCN(c3cccc(C)c3)[C@@H](C)C2)cc1. The molecule has 0 radical (unpaired) electrons. The number of aromatic nitrogens is 2. The number of hydrogen-bond acceptors (Lipinski definition) is 4. The number of carbonyl (C=O) groups is 2. The van der Waals surface area contributed by atoms with Crippen LogP contribution in [0, 0.1) is 13.8 Å². The monoisotopic (exact) mass is 457 g/mol. The molecule has 3 aromatic rings. The van der Waals surface area contributed by atoms with Gasteiger partial charge in [-0.15, -0.1) is 0 Å². The summed E-state index contributed by atoms with van der Waals surface area (Å²) in [5, 5.41) is 4.71. The Kier molecular flexibility index (Phi) is 5.86. The molecule has 0 spiro atoms. The number of amides is 2. The molecule has 2 aliphatic heterocycles. The molecule has 2 aliphatic rings. The number of piperazine rings is 1. The fourth-order valence-electron chi connectivity index (χ4n) is 4.90. The number of benzene rings is 2. The number of nitrogens with zero attached hydrogens (tertiary/aromatic N) is 5. The van der Waals surface area contributed by atoms with Gasteiger partial charge in [-0.25, -0.2) is 4.68 Å². The van der Waals surface area contributed by atoms with E-state index in [9.17, 15) is 9.59 Å². The molecule has 1 fully saturated rings. The van der Waals surface area contributed by atoms with Crippen molar-refractivity contribution in [3.8, 4) is 11.3 Å². The van der Waals surface area contributed by atoms with Gasteiger partial charge < -0.3 is 9.80 Å². The van der Waals surface area contributed by atoms with Crippen molar-refractivity contribution < 1.29 is 9.59 Å². The molecule has 34 heavy (non-hydrogen) atoms. The molecule has 3 heterocycles. The van der Waals surface area contributed by atoms with Crippen molar-refractivity contribution in [1.29, 1.82) is 0 Å². The average molecular weight is 458 g/mol. The minimum Gasteiger partial charge on any atom is -0.365 e. The highest BCUT2D eigenvalue weighted by Crippen LogP contribution is 2.29. The molecular formula is C27H31N5O2. The van der Waals surface area contributed by atoms with Crippen molar-refractivity contribution in [3.63, 3.8) is 0 Å². The van der Waals surface area contributed by atoms with Gasteiger partial charge in [0.15, 0.2) is 0 Å². The van der Waals surface area contributed by atoms with Crippen LogP contribution in [0.25, 0.3) is 11.3 Å². The highest BCUT2D eigenvalue weighted by Gasteiger charge is 2.32. The number of aryl methyl sites for hydroxylation is 3.